The van der Waals surface area contributed by atoms with Crippen LogP contribution in [0.4, 0.5) is 11.5 Å². The van der Waals surface area contributed by atoms with Crippen molar-refractivity contribution in [3.8, 4) is 0 Å². The standard InChI is InChI=1S/C58H106N4O2/c1-5-9-13-17-23-39-54(40-24-18-14-10-6-2)64-57(53-37-30-38-53)43-26-20-16-22-28-48-62(49-32-46-61-58-55(59)41-31-45-60-58)47-27-21-15-19-25-42-56(52-35-29-36-52)63-50-44-51(33-11-7-3)34-12-8-4/h31,41,45,51,54H,5-30,32-40,42-44,46-50,59H2,1-4H3,(H,60,61). The van der Waals surface area contributed by atoms with Crippen molar-refractivity contribution in [2.75, 3.05) is 43.8 Å². The maximum absolute atomic E-state index is 6.99. The van der Waals surface area contributed by atoms with Gasteiger partial charge in [-0.25, -0.2) is 4.98 Å². The van der Waals surface area contributed by atoms with Crippen LogP contribution in [0.3, 0.4) is 0 Å². The van der Waals surface area contributed by atoms with Crippen LogP contribution in [-0.4, -0.2) is 48.8 Å². The number of ether oxygens (including phenoxy) is 2. The molecule has 0 bridgehead atoms. The average Bonchev–Trinajstić information content (AvgIpc) is 3.26. The normalized spacial score (nSPS) is 13.8. The Bertz CT molecular complexity index is 1280. The summed E-state index contributed by atoms with van der Waals surface area (Å²) in [5.74, 6) is 4.47. The Morgan fingerprint density at radius 3 is 1.62 bits per heavy atom. The first-order valence-electron chi connectivity index (χ1n) is 28.5. The fourth-order valence-corrected chi connectivity index (χ4v) is 9.83. The molecule has 0 atom stereocenters. The number of allylic oxidation sites excluding steroid dienone is 4. The molecule has 6 nitrogen and oxygen atoms in total. The van der Waals surface area contributed by atoms with E-state index in [1.807, 2.05) is 18.3 Å². The van der Waals surface area contributed by atoms with E-state index < -0.39 is 0 Å². The van der Waals surface area contributed by atoms with Crippen LogP contribution < -0.4 is 11.1 Å². The molecule has 3 rings (SSSR count). The third-order valence-electron chi connectivity index (χ3n) is 14.5. The van der Waals surface area contributed by atoms with Crippen molar-refractivity contribution < 1.29 is 9.47 Å². The lowest BCUT2D eigenvalue weighted by molar-refractivity contribution is 0.0835. The lowest BCUT2D eigenvalue weighted by Gasteiger charge is -2.27. The smallest absolute Gasteiger partial charge is 0.149 e. The largest absolute Gasteiger partial charge is 0.498 e. The quantitative estimate of drug-likeness (QED) is 0.0502. The van der Waals surface area contributed by atoms with E-state index in [-0.39, 0.29) is 0 Å². The van der Waals surface area contributed by atoms with E-state index in [0.29, 0.717) is 6.10 Å². The number of nitrogens with one attached hydrogen (secondary N) is 1. The molecule has 3 N–H and O–H groups in total. The molecule has 1 aromatic heterocycles. The third-order valence-corrected chi connectivity index (χ3v) is 14.5. The molecule has 2 aliphatic carbocycles. The summed E-state index contributed by atoms with van der Waals surface area (Å²) in [5, 5.41) is 3.49. The molecule has 0 spiro atoms. The van der Waals surface area contributed by atoms with Crippen LogP contribution in [0.15, 0.2) is 41.0 Å². The van der Waals surface area contributed by atoms with Crippen LogP contribution in [0.5, 0.6) is 0 Å². The summed E-state index contributed by atoms with van der Waals surface area (Å²) in [6.07, 6.45) is 52.2. The zero-order chi connectivity index (χ0) is 45.6. The predicted octanol–water partition coefficient (Wildman–Crippen LogP) is 17.8. The Balaban J connectivity index is 1.38. The van der Waals surface area contributed by atoms with Gasteiger partial charge in [0.05, 0.1) is 29.9 Å². The lowest BCUT2D eigenvalue weighted by Crippen LogP contribution is -2.28. The Kier molecular flexibility index (Phi) is 34.1. The van der Waals surface area contributed by atoms with Crippen molar-refractivity contribution in [1.29, 1.82) is 0 Å². The predicted molar refractivity (Wildman–Crippen MR) is 280 cm³/mol. The first-order valence-corrected chi connectivity index (χ1v) is 28.5. The van der Waals surface area contributed by atoms with Crippen molar-refractivity contribution in [3.63, 3.8) is 0 Å². The van der Waals surface area contributed by atoms with Gasteiger partial charge < -0.3 is 25.4 Å². The first kappa shape index (κ1) is 56.1. The molecule has 0 unspecified atom stereocenters. The van der Waals surface area contributed by atoms with Crippen molar-refractivity contribution in [2.24, 2.45) is 5.92 Å². The molecule has 0 amide bonds. The minimum atomic E-state index is 0.439. The van der Waals surface area contributed by atoms with Gasteiger partial charge in [-0.1, -0.05) is 156 Å². The van der Waals surface area contributed by atoms with E-state index in [4.69, 9.17) is 15.2 Å². The number of hydrogen-bond donors (Lipinski definition) is 2. The van der Waals surface area contributed by atoms with Crippen molar-refractivity contribution in [3.05, 3.63) is 41.0 Å². The molecule has 0 radical (unpaired) electrons. The summed E-state index contributed by atoms with van der Waals surface area (Å²) in [6.45, 7) is 14.7. The molecule has 2 aliphatic rings. The van der Waals surface area contributed by atoms with Crippen LogP contribution in [0.1, 0.15) is 272 Å². The summed E-state index contributed by atoms with van der Waals surface area (Å²) >= 11 is 0. The molecule has 0 saturated heterocycles. The van der Waals surface area contributed by atoms with Crippen LogP contribution in [0.2, 0.25) is 0 Å². The van der Waals surface area contributed by atoms with E-state index in [1.165, 1.54) is 256 Å². The van der Waals surface area contributed by atoms with Gasteiger partial charge in [-0.05, 0) is 152 Å². The summed E-state index contributed by atoms with van der Waals surface area (Å²) in [6, 6.07) is 3.84. The monoisotopic (exact) mass is 891 g/mol. The molecule has 2 fully saturated rings. The highest BCUT2D eigenvalue weighted by atomic mass is 16.5. The molecule has 64 heavy (non-hydrogen) atoms. The fraction of sp³-hybridized carbons (Fsp3) is 0.845. The van der Waals surface area contributed by atoms with Gasteiger partial charge in [0.1, 0.15) is 5.82 Å². The van der Waals surface area contributed by atoms with Gasteiger partial charge in [0.2, 0.25) is 0 Å². The third kappa shape index (κ3) is 26.8. The molecule has 0 aliphatic heterocycles. The maximum Gasteiger partial charge on any atom is 0.149 e. The zero-order valence-corrected chi connectivity index (χ0v) is 43.1. The van der Waals surface area contributed by atoms with Gasteiger partial charge in [0, 0.05) is 25.6 Å². The summed E-state index contributed by atoms with van der Waals surface area (Å²) in [7, 11) is 0. The topological polar surface area (TPSA) is 72.6 Å². The van der Waals surface area contributed by atoms with Gasteiger partial charge in [0.15, 0.2) is 0 Å². The van der Waals surface area contributed by atoms with E-state index in [1.54, 1.807) is 11.1 Å². The van der Waals surface area contributed by atoms with Crippen LogP contribution in [0, 0.1) is 5.92 Å². The Morgan fingerprint density at radius 1 is 0.578 bits per heavy atom. The van der Waals surface area contributed by atoms with Crippen molar-refractivity contribution >= 4 is 11.5 Å². The van der Waals surface area contributed by atoms with Gasteiger partial charge in [-0.3, -0.25) is 0 Å². The summed E-state index contributed by atoms with van der Waals surface area (Å²) < 4.78 is 13.6. The minimum absolute atomic E-state index is 0.439. The second-order valence-electron chi connectivity index (χ2n) is 20.3. The van der Waals surface area contributed by atoms with Gasteiger partial charge >= 0.3 is 0 Å². The highest BCUT2D eigenvalue weighted by molar-refractivity contribution is 5.60. The van der Waals surface area contributed by atoms with Crippen LogP contribution in [-0.2, 0) is 9.47 Å². The zero-order valence-electron chi connectivity index (χ0n) is 43.1. The number of unbranched alkanes of at least 4 members (excludes halogenated alkanes) is 18. The number of nitrogens with two attached hydrogens (primary N) is 1. The van der Waals surface area contributed by atoms with E-state index in [0.717, 1.165) is 50.0 Å². The molecule has 2 saturated carbocycles. The van der Waals surface area contributed by atoms with Crippen molar-refractivity contribution in [1.82, 2.24) is 9.88 Å². The van der Waals surface area contributed by atoms with E-state index in [9.17, 15) is 0 Å². The average molecular weight is 892 g/mol. The number of aromatic nitrogens is 1. The van der Waals surface area contributed by atoms with Gasteiger partial charge in [0.25, 0.3) is 0 Å². The number of nitrogen functional groups attached to an aromatic ring is 1. The Hall–Kier alpha value is -2.21. The Morgan fingerprint density at radius 2 is 1.08 bits per heavy atom. The Labute approximate surface area is 397 Å². The van der Waals surface area contributed by atoms with Gasteiger partial charge in [-0.15, -0.1) is 0 Å². The molecular formula is C58H106N4O2. The molecule has 1 aromatic rings. The molecule has 6 heteroatoms. The summed E-state index contributed by atoms with van der Waals surface area (Å²) in [4.78, 5) is 7.20. The number of nitrogens with zero attached hydrogens (tertiary/aromatic N) is 2. The second kappa shape index (κ2) is 38.9. The van der Waals surface area contributed by atoms with Gasteiger partial charge in [-0.2, -0.15) is 0 Å². The highest BCUT2D eigenvalue weighted by Crippen LogP contribution is 2.34. The lowest BCUT2D eigenvalue weighted by atomic mass is 9.89. The molecule has 0 aromatic carbocycles. The van der Waals surface area contributed by atoms with Crippen LogP contribution in [0.25, 0.3) is 0 Å². The van der Waals surface area contributed by atoms with Crippen LogP contribution >= 0.6 is 0 Å². The number of pyridine rings is 1. The molecular weight excluding hydrogens is 785 g/mol. The second-order valence-corrected chi connectivity index (χ2v) is 20.3. The molecule has 1 heterocycles. The maximum atomic E-state index is 6.99. The highest BCUT2D eigenvalue weighted by Gasteiger charge is 2.20. The SMILES string of the molecule is CCCCCCCC(CCCCCCC)OC(CCCCCCCN(CCCCCCCC(OCCC(CCCC)CCCC)=C1CCC1)CCCNc1ncccc1N)=C1CCC1. The number of rotatable bonds is 45. The van der Waals surface area contributed by atoms with E-state index in [2.05, 4.69) is 42.9 Å². The first-order chi connectivity index (χ1) is 31.6. The molecule has 370 valence electrons. The van der Waals surface area contributed by atoms with E-state index >= 15 is 0 Å². The fourth-order valence-electron chi connectivity index (χ4n) is 9.83. The summed E-state index contributed by atoms with van der Waals surface area (Å²) in [5.41, 5.74) is 10.2. The van der Waals surface area contributed by atoms with Crippen molar-refractivity contribution in [2.45, 2.75) is 278 Å². The number of anilines is 2. The number of hydrogen-bond acceptors (Lipinski definition) is 6. The minimum Gasteiger partial charge on any atom is -0.498 e.